The van der Waals surface area contributed by atoms with Crippen LogP contribution in [0.3, 0.4) is 0 Å². The Bertz CT molecular complexity index is 995. The number of H-pyrrole nitrogens is 1. The first-order valence-corrected chi connectivity index (χ1v) is 9.90. The number of carbonyl (C=O) groups is 1. The van der Waals surface area contributed by atoms with Crippen molar-refractivity contribution in [3.8, 4) is 0 Å². The highest BCUT2D eigenvalue weighted by Crippen LogP contribution is 2.28. The number of hydrogen-bond donors (Lipinski definition) is 3. The van der Waals surface area contributed by atoms with Crippen molar-refractivity contribution < 1.29 is 9.53 Å². The van der Waals surface area contributed by atoms with Crippen molar-refractivity contribution in [2.45, 2.75) is 50.3 Å². The second-order valence-electron chi connectivity index (χ2n) is 7.49. The minimum Gasteiger partial charge on any atom is -0.444 e. The van der Waals surface area contributed by atoms with E-state index in [1.54, 1.807) is 0 Å². The van der Waals surface area contributed by atoms with Crippen molar-refractivity contribution in [3.63, 3.8) is 0 Å². The van der Waals surface area contributed by atoms with E-state index in [2.05, 4.69) is 30.8 Å². The number of amides is 1. The van der Waals surface area contributed by atoms with E-state index in [1.165, 1.54) is 11.8 Å². The first kappa shape index (κ1) is 20.7. The van der Waals surface area contributed by atoms with Gasteiger partial charge in [-0.15, -0.1) is 0 Å². The fourth-order valence-electron chi connectivity index (χ4n) is 2.40. The molecule has 0 saturated heterocycles. The van der Waals surface area contributed by atoms with Crippen LogP contribution in [0.4, 0.5) is 22.1 Å². The summed E-state index contributed by atoms with van der Waals surface area (Å²) in [7, 11) is 0. The van der Waals surface area contributed by atoms with Gasteiger partial charge in [-0.1, -0.05) is 0 Å². The summed E-state index contributed by atoms with van der Waals surface area (Å²) >= 11 is 1.43. The number of nitrogens with one attached hydrogen (secondary N) is 3. The van der Waals surface area contributed by atoms with E-state index in [4.69, 9.17) is 4.74 Å². The molecule has 0 atom stereocenters. The summed E-state index contributed by atoms with van der Waals surface area (Å²) in [5.74, 6) is 1.38. The predicted molar refractivity (Wildman–Crippen MR) is 114 cm³/mol. The maximum absolute atomic E-state index is 11.9. The molecule has 0 saturated carbocycles. The number of rotatable bonds is 5. The summed E-state index contributed by atoms with van der Waals surface area (Å²) in [6.45, 7) is 9.33. The molecule has 0 fully saturated rings. The molecule has 3 rings (SSSR count). The summed E-state index contributed by atoms with van der Waals surface area (Å²) in [5.41, 5.74) is 1.93. The van der Waals surface area contributed by atoms with Gasteiger partial charge in [0.15, 0.2) is 11.0 Å². The molecule has 0 radical (unpaired) electrons. The minimum atomic E-state index is -0.539. The highest BCUT2D eigenvalue weighted by atomic mass is 32.2. The van der Waals surface area contributed by atoms with Gasteiger partial charge in [0.1, 0.15) is 11.4 Å². The quantitative estimate of drug-likeness (QED) is 0.503. The molecule has 1 amide bonds. The Labute approximate surface area is 173 Å². The summed E-state index contributed by atoms with van der Waals surface area (Å²) in [4.78, 5) is 21.8. The Morgan fingerprint density at radius 2 is 1.79 bits per heavy atom. The smallest absolute Gasteiger partial charge is 0.412 e. The highest BCUT2D eigenvalue weighted by Gasteiger charge is 2.16. The Morgan fingerprint density at radius 1 is 1.07 bits per heavy atom. The lowest BCUT2D eigenvalue weighted by Gasteiger charge is -2.19. The number of benzene rings is 1. The molecule has 0 bridgehead atoms. The summed E-state index contributed by atoms with van der Waals surface area (Å²) in [5, 5.41) is 13.6. The Morgan fingerprint density at radius 3 is 2.41 bits per heavy atom. The number of aromatic amines is 1. The van der Waals surface area contributed by atoms with Crippen LogP contribution in [0.15, 0.2) is 46.5 Å². The number of aryl methyl sites for hydroxylation is 2. The molecular formula is C20H24N6O2S. The van der Waals surface area contributed by atoms with Crippen LogP contribution in [0.1, 0.15) is 32.2 Å². The third-order valence-corrected chi connectivity index (χ3v) is 4.38. The minimum absolute atomic E-state index is 0.482. The summed E-state index contributed by atoms with van der Waals surface area (Å²) < 4.78 is 5.25. The molecule has 0 aliphatic heterocycles. The monoisotopic (exact) mass is 412 g/mol. The van der Waals surface area contributed by atoms with Crippen LogP contribution in [0.5, 0.6) is 0 Å². The predicted octanol–water partition coefficient (Wildman–Crippen LogP) is 5.06. The van der Waals surface area contributed by atoms with Crippen LogP contribution in [-0.4, -0.2) is 31.9 Å². The molecule has 9 heteroatoms. The third kappa shape index (κ3) is 6.49. The van der Waals surface area contributed by atoms with Gasteiger partial charge in [-0.25, -0.2) is 14.8 Å². The van der Waals surface area contributed by atoms with E-state index in [-0.39, 0.29) is 0 Å². The zero-order valence-electron chi connectivity index (χ0n) is 17.0. The molecule has 0 unspecified atom stereocenters. The van der Waals surface area contributed by atoms with E-state index in [0.29, 0.717) is 22.5 Å². The van der Waals surface area contributed by atoms with E-state index < -0.39 is 11.7 Å². The second-order valence-corrected chi connectivity index (χ2v) is 8.53. The largest absolute Gasteiger partial charge is 0.444 e. The number of aromatic nitrogens is 4. The molecule has 2 heterocycles. The zero-order valence-corrected chi connectivity index (χ0v) is 17.8. The average Bonchev–Trinajstić information content (AvgIpc) is 2.99. The molecule has 0 spiro atoms. The van der Waals surface area contributed by atoms with Gasteiger partial charge in [0.05, 0.1) is 0 Å². The van der Waals surface area contributed by atoms with Crippen molar-refractivity contribution in [1.29, 1.82) is 0 Å². The topological polar surface area (TPSA) is 105 Å². The van der Waals surface area contributed by atoms with Crippen LogP contribution in [0.2, 0.25) is 0 Å². The lowest BCUT2D eigenvalue weighted by atomic mass is 10.2. The van der Waals surface area contributed by atoms with Gasteiger partial charge in [0.2, 0.25) is 0 Å². The molecular weight excluding hydrogens is 388 g/mol. The molecule has 1 aromatic carbocycles. The molecule has 2 aromatic heterocycles. The summed E-state index contributed by atoms with van der Waals surface area (Å²) in [6.07, 6.45) is -0.482. The van der Waals surface area contributed by atoms with Gasteiger partial charge in [-0.05, 0) is 70.6 Å². The van der Waals surface area contributed by atoms with E-state index in [1.807, 2.05) is 71.0 Å². The lowest BCUT2D eigenvalue weighted by molar-refractivity contribution is 0.0636. The van der Waals surface area contributed by atoms with Crippen molar-refractivity contribution in [3.05, 3.63) is 47.8 Å². The Kier molecular flexibility index (Phi) is 6.07. The highest BCUT2D eigenvalue weighted by molar-refractivity contribution is 7.99. The van der Waals surface area contributed by atoms with Crippen molar-refractivity contribution >= 4 is 35.2 Å². The number of nitrogens with zero attached hydrogens (tertiary/aromatic N) is 3. The molecule has 3 aromatic rings. The molecule has 0 aliphatic carbocycles. The van der Waals surface area contributed by atoms with Crippen molar-refractivity contribution in [2.75, 3.05) is 10.6 Å². The van der Waals surface area contributed by atoms with Crippen molar-refractivity contribution in [2.24, 2.45) is 0 Å². The van der Waals surface area contributed by atoms with E-state index in [9.17, 15) is 4.79 Å². The molecule has 8 nitrogen and oxygen atoms in total. The van der Waals surface area contributed by atoms with Crippen molar-refractivity contribution in [1.82, 2.24) is 20.2 Å². The van der Waals surface area contributed by atoms with Crippen LogP contribution >= 0.6 is 11.8 Å². The Hall–Kier alpha value is -3.07. The first-order chi connectivity index (χ1) is 13.7. The first-order valence-electron chi connectivity index (χ1n) is 9.09. The normalized spacial score (nSPS) is 11.2. The van der Waals surface area contributed by atoms with Crippen LogP contribution in [-0.2, 0) is 4.74 Å². The number of anilines is 3. The van der Waals surface area contributed by atoms with E-state index >= 15 is 0 Å². The average molecular weight is 413 g/mol. The third-order valence-electron chi connectivity index (χ3n) is 3.50. The number of hydrogen-bond acceptors (Lipinski definition) is 7. The maximum Gasteiger partial charge on any atom is 0.412 e. The Balaban J connectivity index is 1.66. The van der Waals surface area contributed by atoms with Gasteiger partial charge in [0, 0.05) is 34.1 Å². The van der Waals surface area contributed by atoms with Gasteiger partial charge in [0.25, 0.3) is 0 Å². The molecule has 3 N–H and O–H groups in total. The van der Waals surface area contributed by atoms with Crippen LogP contribution < -0.4 is 10.6 Å². The van der Waals surface area contributed by atoms with Gasteiger partial charge in [-0.3, -0.25) is 10.4 Å². The maximum atomic E-state index is 11.9. The van der Waals surface area contributed by atoms with Gasteiger partial charge >= 0.3 is 6.09 Å². The molecule has 29 heavy (non-hydrogen) atoms. The van der Waals surface area contributed by atoms with E-state index in [0.717, 1.165) is 16.3 Å². The number of carbonyl (C=O) groups excluding carboxylic acids is 1. The fraction of sp³-hybridized carbons (Fsp3) is 0.300. The van der Waals surface area contributed by atoms with Crippen LogP contribution in [0.25, 0.3) is 0 Å². The van der Waals surface area contributed by atoms with Crippen LogP contribution in [0, 0.1) is 13.8 Å². The van der Waals surface area contributed by atoms with Gasteiger partial charge in [-0.2, -0.15) is 5.10 Å². The van der Waals surface area contributed by atoms with Gasteiger partial charge < -0.3 is 10.1 Å². The molecule has 152 valence electrons. The SMILES string of the molecule is Cc1cc(Nc2cc(C)[nH]n2)nc(Sc2ccc(NC(=O)OC(C)(C)C)cc2)n1. The number of ether oxygens (including phenoxy) is 1. The molecule has 0 aliphatic rings. The standard InChI is InChI=1S/C20H24N6O2S/c1-12-10-16(23-17-11-13(2)25-26-17)24-18(21-12)29-15-8-6-14(7-9-15)22-19(27)28-20(3,4)5/h6-11H,1-5H3,(H,22,27)(H2,21,23,24,25,26). The summed E-state index contributed by atoms with van der Waals surface area (Å²) in [6, 6.07) is 11.2. The second kappa shape index (κ2) is 8.52. The fourth-order valence-corrected chi connectivity index (χ4v) is 3.21. The zero-order chi connectivity index (χ0) is 21.0. The lowest BCUT2D eigenvalue weighted by Crippen LogP contribution is -2.27.